The Hall–Kier alpha value is -2.04. The Balaban J connectivity index is 0.000000425. The number of rotatable bonds is 6. The van der Waals surface area contributed by atoms with Gasteiger partial charge in [-0.05, 0) is 17.5 Å². The van der Waals surface area contributed by atoms with Crippen LogP contribution in [0.15, 0.2) is 24.4 Å². The van der Waals surface area contributed by atoms with Crippen molar-refractivity contribution in [1.29, 1.82) is 0 Å². The molecular formula is C20H24DyF3N5O4-2. The molecule has 0 spiro atoms. The number of amides is 2. The van der Waals surface area contributed by atoms with Crippen LogP contribution < -0.4 is 15.4 Å². The number of hydrogen-bond donors (Lipinski definition) is 3. The molecule has 3 rings (SSSR count). The van der Waals surface area contributed by atoms with Crippen molar-refractivity contribution in [2.45, 2.75) is 37.8 Å². The van der Waals surface area contributed by atoms with Gasteiger partial charge in [-0.2, -0.15) is 38.2 Å². The van der Waals surface area contributed by atoms with Crippen LogP contribution in [0.4, 0.5) is 23.8 Å². The number of pyridine rings is 1. The van der Waals surface area contributed by atoms with Crippen molar-refractivity contribution in [3.05, 3.63) is 49.2 Å². The molecule has 1 fully saturated rings. The number of carbonyl (C=O) groups is 2. The summed E-state index contributed by atoms with van der Waals surface area (Å²) in [5.74, 6) is 1.48. The number of aromatic nitrogens is 3. The first-order valence-corrected chi connectivity index (χ1v) is 9.62. The number of hydrogen-bond acceptors (Lipinski definition) is 6. The number of halogens is 3. The molecule has 9 nitrogen and oxygen atoms in total. The van der Waals surface area contributed by atoms with Gasteiger partial charge in [-0.1, -0.05) is 6.42 Å². The zero-order chi connectivity index (χ0) is 23.6. The van der Waals surface area contributed by atoms with Gasteiger partial charge in [0.2, 0.25) is 11.8 Å². The fourth-order valence-electron chi connectivity index (χ4n) is 2.92. The van der Waals surface area contributed by atoms with Gasteiger partial charge in [-0.15, -0.1) is 0 Å². The molecule has 2 aromatic rings. The van der Waals surface area contributed by atoms with Crippen LogP contribution in [0.3, 0.4) is 0 Å². The number of carbonyl (C=O) groups excluding carboxylic acids is 2. The number of methoxy groups -OCH3 is 1. The molecule has 3 N–H and O–H groups in total. The van der Waals surface area contributed by atoms with Gasteiger partial charge in [0.05, 0.1) is 13.5 Å². The smallest absolute Gasteiger partial charge is 0.405 e. The summed E-state index contributed by atoms with van der Waals surface area (Å²) in [6.07, 6.45) is 1.95. The summed E-state index contributed by atoms with van der Waals surface area (Å²) < 4.78 is 42.5. The third kappa shape index (κ3) is 11.1. The molecule has 186 valence electrons. The van der Waals surface area contributed by atoms with E-state index < -0.39 is 18.8 Å². The summed E-state index contributed by atoms with van der Waals surface area (Å²) >= 11 is 0. The van der Waals surface area contributed by atoms with E-state index >= 15 is 0 Å². The number of aromatic amines is 1. The van der Waals surface area contributed by atoms with Crippen molar-refractivity contribution >= 4 is 17.8 Å². The van der Waals surface area contributed by atoms with E-state index in [1.54, 1.807) is 25.4 Å². The molecule has 2 amide bonds. The number of ether oxygens (including phenoxy) is 2. The van der Waals surface area contributed by atoms with E-state index in [1.807, 2.05) is 6.07 Å². The predicted octanol–water partition coefficient (Wildman–Crippen LogP) is 3.53. The van der Waals surface area contributed by atoms with Crippen LogP contribution in [0.1, 0.15) is 36.4 Å². The van der Waals surface area contributed by atoms with E-state index in [2.05, 4.69) is 38.8 Å². The van der Waals surface area contributed by atoms with Crippen molar-refractivity contribution in [1.82, 2.24) is 20.5 Å². The molecule has 0 unspecified atom stereocenters. The fourth-order valence-corrected chi connectivity index (χ4v) is 2.92. The summed E-state index contributed by atoms with van der Waals surface area (Å²) in [5.41, 5.74) is 1.94. The quantitative estimate of drug-likeness (QED) is 0.427. The number of nitrogens with zero attached hydrogens (tertiary/aromatic N) is 2. The zero-order valence-electron chi connectivity index (χ0n) is 17.7. The number of alkyl halides is 3. The Morgan fingerprint density at radius 2 is 2.12 bits per heavy atom. The van der Waals surface area contributed by atoms with Gasteiger partial charge in [0.1, 0.15) is 6.54 Å². The molecule has 1 atom stereocenters. The Morgan fingerprint density at radius 3 is 2.73 bits per heavy atom. The maximum atomic E-state index is 12.1. The average molecular weight is 618 g/mol. The molecule has 0 saturated heterocycles. The van der Waals surface area contributed by atoms with Crippen LogP contribution in [-0.4, -0.2) is 47.0 Å². The van der Waals surface area contributed by atoms with Crippen LogP contribution in [0.25, 0.3) is 0 Å². The zero-order valence-corrected chi connectivity index (χ0v) is 19.7. The van der Waals surface area contributed by atoms with Gasteiger partial charge >= 0.3 is 12.3 Å². The molecule has 13 heteroatoms. The van der Waals surface area contributed by atoms with Gasteiger partial charge in [0.25, 0.3) is 0 Å². The molecule has 33 heavy (non-hydrogen) atoms. The summed E-state index contributed by atoms with van der Waals surface area (Å²) in [6.45, 7) is -1.40. The fraction of sp³-hybridized carbons (Fsp3) is 0.400. The molecule has 0 aliphatic heterocycles. The van der Waals surface area contributed by atoms with Crippen molar-refractivity contribution < 1.29 is 70.4 Å². The number of H-pyrrole nitrogens is 1. The summed E-state index contributed by atoms with van der Waals surface area (Å²) in [4.78, 5) is 26.1. The Morgan fingerprint density at radius 1 is 1.36 bits per heavy atom. The van der Waals surface area contributed by atoms with Gasteiger partial charge in [0, 0.05) is 62.2 Å². The first-order chi connectivity index (χ1) is 15.2. The Kier molecular flexibility index (Phi) is 12.5. The van der Waals surface area contributed by atoms with Crippen molar-refractivity contribution in [3.8, 4) is 5.88 Å². The van der Waals surface area contributed by atoms with Gasteiger partial charge in [-0.25, -0.2) is 9.78 Å². The second-order valence-electron chi connectivity index (χ2n) is 6.84. The molecule has 0 aromatic carbocycles. The Bertz CT molecular complexity index is 889. The molecule has 0 bridgehead atoms. The first kappa shape index (κ1) is 29.0. The maximum Gasteiger partial charge on any atom is 0.405 e. The molecule has 0 radical (unpaired) electrons. The minimum Gasteiger partial charge on any atom is -0.624 e. The van der Waals surface area contributed by atoms with E-state index in [0.717, 1.165) is 30.5 Å². The van der Waals surface area contributed by atoms with E-state index in [-0.39, 0.29) is 50.5 Å². The van der Waals surface area contributed by atoms with Crippen molar-refractivity contribution in [3.63, 3.8) is 0 Å². The second kappa shape index (κ2) is 14.3. The SMILES string of the molecule is COc1cc(CC(=O)Nc2cc([C@@H]3C[CH-]CC3)[nH]n2)ccn1.[CH2-]OC(=O)NCC(F)(F)F.[Dy]. The van der Waals surface area contributed by atoms with E-state index in [0.29, 0.717) is 17.6 Å². The average Bonchev–Trinajstić information content (AvgIpc) is 3.44. The molecule has 2 heterocycles. The number of nitrogens with one attached hydrogen (secondary N) is 3. The Labute approximate surface area is 219 Å². The third-order valence-corrected chi connectivity index (χ3v) is 4.41. The second-order valence-corrected chi connectivity index (χ2v) is 6.84. The van der Waals surface area contributed by atoms with Crippen molar-refractivity contribution in [2.75, 3.05) is 19.0 Å². The molecule has 1 saturated carbocycles. The molecule has 1 aliphatic carbocycles. The monoisotopic (exact) mass is 619 g/mol. The number of anilines is 1. The first-order valence-electron chi connectivity index (χ1n) is 9.62. The van der Waals surface area contributed by atoms with Crippen molar-refractivity contribution in [2.24, 2.45) is 0 Å². The maximum absolute atomic E-state index is 12.1. The van der Waals surface area contributed by atoms with Crippen LogP contribution >= 0.6 is 0 Å². The molecule has 1 aliphatic rings. The standard InChI is InChI=1S/C16H19N4O2.C4H5F3NO2.Dy/c1-22-16-9-11(6-7-17-16)8-15(21)18-14-10-13(19-20-14)12-4-2-3-5-12;1-10-3(9)8-2-4(5,6)7;/h2,6-7,9-10,12H,3-5,8H2,1H3,(H2,18,19,20,21);1-2H2,(H,8,9);/q2*-1;/t12-;;/m1../s1. The van der Waals surface area contributed by atoms with Crippen LogP contribution in [0.5, 0.6) is 5.88 Å². The summed E-state index contributed by atoms with van der Waals surface area (Å²) in [5, 5.41) is 11.4. The van der Waals surface area contributed by atoms with Crippen LogP contribution in [0, 0.1) is 51.7 Å². The normalized spacial score (nSPS) is 14.9. The summed E-state index contributed by atoms with van der Waals surface area (Å²) in [7, 11) is 4.16. The minimum atomic E-state index is -4.41. The molecule has 2 aromatic heterocycles. The van der Waals surface area contributed by atoms with E-state index in [1.165, 1.54) is 5.32 Å². The van der Waals surface area contributed by atoms with Gasteiger partial charge < -0.3 is 26.5 Å². The third-order valence-electron chi connectivity index (χ3n) is 4.41. The van der Waals surface area contributed by atoms with Gasteiger partial charge in [0.15, 0.2) is 5.82 Å². The number of alkyl carbamates (subject to hydrolysis) is 1. The largest absolute Gasteiger partial charge is 0.624 e. The minimum absolute atomic E-state index is 0. The van der Waals surface area contributed by atoms with Crippen LogP contribution in [0.2, 0.25) is 0 Å². The predicted molar refractivity (Wildman–Crippen MR) is 108 cm³/mol. The topological polar surface area (TPSA) is 118 Å². The van der Waals surface area contributed by atoms with E-state index in [9.17, 15) is 22.8 Å². The van der Waals surface area contributed by atoms with Crippen LogP contribution in [-0.2, 0) is 16.0 Å². The molecular weight excluding hydrogens is 594 g/mol. The van der Waals surface area contributed by atoms with Gasteiger partial charge in [-0.3, -0.25) is 9.89 Å². The summed E-state index contributed by atoms with van der Waals surface area (Å²) in [6, 6.07) is 5.48. The van der Waals surface area contributed by atoms with E-state index in [4.69, 9.17) is 4.74 Å².